The van der Waals surface area contributed by atoms with Gasteiger partial charge in [0.1, 0.15) is 22.9 Å². The van der Waals surface area contributed by atoms with Crippen LogP contribution < -0.4 is 15.5 Å². The van der Waals surface area contributed by atoms with E-state index in [1.165, 1.54) is 12.4 Å². The van der Waals surface area contributed by atoms with Crippen LogP contribution in [-0.2, 0) is 0 Å². The van der Waals surface area contributed by atoms with Crippen LogP contribution in [0.1, 0.15) is 29.6 Å². The number of allylic oxidation sites excluding steroid dienone is 1. The molecule has 28 heavy (non-hydrogen) atoms. The fourth-order valence-corrected chi connectivity index (χ4v) is 3.98. The first-order valence-corrected chi connectivity index (χ1v) is 9.26. The van der Waals surface area contributed by atoms with Crippen molar-refractivity contribution in [2.45, 2.75) is 24.9 Å². The van der Waals surface area contributed by atoms with Crippen LogP contribution in [-0.4, -0.2) is 57.9 Å². The Morgan fingerprint density at radius 1 is 1.25 bits per heavy atom. The Morgan fingerprint density at radius 3 is 3.07 bits per heavy atom. The number of aromatic nitrogens is 3. The quantitative estimate of drug-likeness (QED) is 0.709. The van der Waals surface area contributed by atoms with E-state index in [0.717, 1.165) is 25.6 Å². The molecule has 1 amide bonds. The van der Waals surface area contributed by atoms with E-state index in [1.54, 1.807) is 10.7 Å². The van der Waals surface area contributed by atoms with Crippen molar-refractivity contribution in [1.82, 2.24) is 25.2 Å². The molecule has 2 N–H and O–H groups in total. The monoisotopic (exact) mass is 382 g/mol. The van der Waals surface area contributed by atoms with Crippen molar-refractivity contribution >= 4 is 29.4 Å². The summed E-state index contributed by atoms with van der Waals surface area (Å²) < 4.78 is 15.6. The van der Waals surface area contributed by atoms with Gasteiger partial charge < -0.3 is 15.5 Å². The number of nitrogens with one attached hydrogen (secondary N) is 2. The van der Waals surface area contributed by atoms with Crippen molar-refractivity contribution in [3.8, 4) is 0 Å². The van der Waals surface area contributed by atoms with Crippen molar-refractivity contribution < 1.29 is 9.18 Å². The van der Waals surface area contributed by atoms with E-state index in [4.69, 9.17) is 4.98 Å². The number of halogens is 1. The summed E-state index contributed by atoms with van der Waals surface area (Å²) in [5.41, 5.74) is 0.230. The number of amides is 1. The molecule has 2 aromatic heterocycles. The van der Waals surface area contributed by atoms with Gasteiger partial charge in [0.15, 0.2) is 11.5 Å². The first-order valence-electron chi connectivity index (χ1n) is 9.26. The summed E-state index contributed by atoms with van der Waals surface area (Å²) in [5, 5.41) is 10.3. The minimum absolute atomic E-state index is 0.236. The molecule has 0 aliphatic carbocycles. The number of nitrogens with zero attached hydrogens (tertiary/aromatic N) is 6. The van der Waals surface area contributed by atoms with Crippen molar-refractivity contribution in [3.63, 3.8) is 0 Å². The summed E-state index contributed by atoms with van der Waals surface area (Å²) in [4.78, 5) is 28.2. The average molecular weight is 382 g/mol. The van der Waals surface area contributed by atoms with Crippen molar-refractivity contribution in [1.29, 1.82) is 0 Å². The van der Waals surface area contributed by atoms with Gasteiger partial charge in [0, 0.05) is 32.3 Å². The number of hydrogen-bond acceptors (Lipinski definition) is 7. The maximum absolute atomic E-state index is 14.1. The van der Waals surface area contributed by atoms with Crippen molar-refractivity contribution in [2.75, 3.05) is 24.5 Å². The van der Waals surface area contributed by atoms with Crippen molar-refractivity contribution in [3.05, 3.63) is 36.1 Å². The van der Waals surface area contributed by atoms with Gasteiger partial charge in [-0.2, -0.15) is 5.10 Å². The second-order valence-corrected chi connectivity index (χ2v) is 7.06. The molecule has 3 aliphatic heterocycles. The molecule has 1 saturated heterocycles. The molecule has 3 aliphatic rings. The van der Waals surface area contributed by atoms with E-state index >= 15 is 0 Å². The van der Waals surface area contributed by atoms with Gasteiger partial charge in [-0.25, -0.2) is 18.9 Å². The van der Waals surface area contributed by atoms with Crippen LogP contribution in [0.25, 0.3) is 5.65 Å². The third-order valence-corrected chi connectivity index (χ3v) is 5.30. The maximum Gasteiger partial charge on any atom is 0.256 e. The fourth-order valence-electron chi connectivity index (χ4n) is 3.98. The zero-order valence-corrected chi connectivity index (χ0v) is 15.1. The Hall–Kier alpha value is -3.30. The minimum atomic E-state index is -0.672. The van der Waals surface area contributed by atoms with Crippen LogP contribution in [0, 0.1) is 0 Å². The highest BCUT2D eigenvalue weighted by molar-refractivity contribution is 5.99. The summed E-state index contributed by atoms with van der Waals surface area (Å²) >= 11 is 0. The fraction of sp³-hybridized carbons (Fsp3) is 0.389. The molecule has 0 unspecified atom stereocenters. The second-order valence-electron chi connectivity index (χ2n) is 7.06. The van der Waals surface area contributed by atoms with Gasteiger partial charge in [-0.3, -0.25) is 9.79 Å². The standard InChI is InChI=1S/C18H19FN8O/c19-12-9-22-14-8-18(23-10-12)3-1-6-26(18)15-2-7-27-16(25-15)13(11-24-27)17(28)21-5-4-20-14/h2,7,9-11H,1,3-6,8H2,(H,20,22)(H,21,28)/b12-9+,23-10+/t18-/m0/s1. The molecule has 1 fully saturated rings. The van der Waals surface area contributed by atoms with Crippen LogP contribution in [0.4, 0.5) is 10.2 Å². The zero-order valence-electron chi connectivity index (χ0n) is 15.1. The normalized spacial score (nSPS) is 29.6. The Bertz CT molecular complexity index is 1040. The van der Waals surface area contributed by atoms with Crippen molar-refractivity contribution in [2.24, 2.45) is 9.98 Å². The lowest BCUT2D eigenvalue weighted by Crippen LogP contribution is -2.47. The Labute approximate surface area is 160 Å². The Morgan fingerprint density at radius 2 is 2.14 bits per heavy atom. The summed E-state index contributed by atoms with van der Waals surface area (Å²) in [7, 11) is 0. The van der Waals surface area contributed by atoms with Gasteiger partial charge >= 0.3 is 0 Å². The maximum atomic E-state index is 14.1. The molecule has 144 valence electrons. The molecule has 9 nitrogen and oxygen atoms in total. The van der Waals surface area contributed by atoms with Gasteiger partial charge in [-0.1, -0.05) is 0 Å². The molecule has 1 atom stereocenters. The van der Waals surface area contributed by atoms with Gasteiger partial charge in [0.05, 0.1) is 18.6 Å². The zero-order chi connectivity index (χ0) is 19.1. The van der Waals surface area contributed by atoms with E-state index in [-0.39, 0.29) is 5.91 Å². The number of hydrogen-bond donors (Lipinski definition) is 2. The highest BCUT2D eigenvalue weighted by Crippen LogP contribution is 2.38. The number of aliphatic imine (C=N–C) groups is 2. The Kier molecular flexibility index (Phi) is 3.85. The molecule has 10 heteroatoms. The van der Waals surface area contributed by atoms with E-state index in [0.29, 0.717) is 42.4 Å². The number of anilines is 1. The Balaban J connectivity index is 1.68. The molecule has 2 aromatic rings. The lowest BCUT2D eigenvalue weighted by Gasteiger charge is -2.36. The molecule has 5 heterocycles. The molecule has 0 saturated carbocycles. The van der Waals surface area contributed by atoms with Gasteiger partial charge in [0.2, 0.25) is 0 Å². The number of rotatable bonds is 0. The van der Waals surface area contributed by atoms with E-state index < -0.39 is 11.5 Å². The second kappa shape index (κ2) is 6.39. The smallest absolute Gasteiger partial charge is 0.256 e. The summed E-state index contributed by atoms with van der Waals surface area (Å²) in [6.45, 7) is 1.59. The molecular weight excluding hydrogens is 363 g/mol. The third kappa shape index (κ3) is 2.72. The highest BCUT2D eigenvalue weighted by Gasteiger charge is 2.43. The van der Waals surface area contributed by atoms with E-state index in [9.17, 15) is 9.18 Å². The van der Waals surface area contributed by atoms with Crippen LogP contribution in [0.15, 0.2) is 40.5 Å². The van der Waals surface area contributed by atoms with E-state index in [2.05, 4.69) is 30.6 Å². The molecule has 5 rings (SSSR count). The number of fused-ring (bicyclic) bond motifs is 3. The van der Waals surface area contributed by atoms with Crippen LogP contribution in [0.5, 0.6) is 0 Å². The molecule has 0 radical (unpaired) electrons. The highest BCUT2D eigenvalue weighted by atomic mass is 19.1. The largest absolute Gasteiger partial charge is 0.372 e. The average Bonchev–Trinajstić information content (AvgIpc) is 3.29. The molecule has 0 aromatic carbocycles. The molecular formula is C18H19FN8O. The number of amidine groups is 1. The number of carbonyl (C=O) groups is 1. The lowest BCUT2D eigenvalue weighted by atomic mass is 10.0. The first kappa shape index (κ1) is 16.8. The number of carbonyl (C=O) groups excluding carboxylic acids is 1. The molecule has 4 bridgehead atoms. The lowest BCUT2D eigenvalue weighted by molar-refractivity contribution is 0.0955. The predicted octanol–water partition coefficient (Wildman–Crippen LogP) is 1.04. The predicted molar refractivity (Wildman–Crippen MR) is 102 cm³/mol. The summed E-state index contributed by atoms with van der Waals surface area (Å²) in [6.07, 6.45) is 7.86. The molecule has 1 spiro atoms. The topological polar surface area (TPSA) is 99.3 Å². The van der Waals surface area contributed by atoms with Gasteiger partial charge in [-0.05, 0) is 18.9 Å². The van der Waals surface area contributed by atoms with Crippen LogP contribution >= 0.6 is 0 Å². The summed E-state index contributed by atoms with van der Waals surface area (Å²) in [6, 6.07) is 1.85. The van der Waals surface area contributed by atoms with Gasteiger partial charge in [-0.15, -0.1) is 0 Å². The first-order chi connectivity index (χ1) is 13.6. The third-order valence-electron chi connectivity index (χ3n) is 5.30. The van der Waals surface area contributed by atoms with Gasteiger partial charge in [0.25, 0.3) is 5.91 Å². The summed E-state index contributed by atoms with van der Waals surface area (Å²) in [5.74, 6) is 0.584. The van der Waals surface area contributed by atoms with E-state index in [1.807, 2.05) is 6.07 Å². The minimum Gasteiger partial charge on any atom is -0.372 e. The van der Waals surface area contributed by atoms with Crippen LogP contribution in [0.3, 0.4) is 0 Å². The van der Waals surface area contributed by atoms with Crippen LogP contribution in [0.2, 0.25) is 0 Å². The SMILES string of the molecule is O=C1NCCN/C2=N/C=C(F)\C=N\[C@]3(CCCN3c3ccn4ncc1c4n3)C2.